The fraction of sp³-hybridized carbons (Fsp3) is 0.500. The standard InChI is InChI=1S/C14H17NO3/c1-18-10-5-3-2-4-9(10)13-6-14(7-13,8-13)11(15)12(16)17/h2-5,11H,6-8,15H2,1H3,(H,16,17). The van der Waals surface area contributed by atoms with Gasteiger partial charge in [-0.3, -0.25) is 4.79 Å². The second-order valence-corrected chi connectivity index (χ2v) is 5.69. The average molecular weight is 247 g/mol. The van der Waals surface area contributed by atoms with Gasteiger partial charge in [0.05, 0.1) is 7.11 Å². The molecule has 1 aromatic carbocycles. The van der Waals surface area contributed by atoms with Crippen molar-refractivity contribution < 1.29 is 14.6 Å². The number of methoxy groups -OCH3 is 1. The molecular formula is C14H17NO3. The minimum Gasteiger partial charge on any atom is -0.496 e. The monoisotopic (exact) mass is 247 g/mol. The largest absolute Gasteiger partial charge is 0.496 e. The zero-order valence-electron chi connectivity index (χ0n) is 10.3. The SMILES string of the molecule is COc1ccccc1C12CC(C(N)C(=O)O)(C1)C2. The molecule has 1 aromatic rings. The summed E-state index contributed by atoms with van der Waals surface area (Å²) in [5.41, 5.74) is 6.91. The molecule has 3 N–H and O–H groups in total. The van der Waals surface area contributed by atoms with Crippen LogP contribution < -0.4 is 10.5 Å². The van der Waals surface area contributed by atoms with Crippen molar-refractivity contribution in [2.75, 3.05) is 7.11 Å². The molecule has 0 amide bonds. The van der Waals surface area contributed by atoms with Crippen molar-refractivity contribution in [3.05, 3.63) is 29.8 Å². The summed E-state index contributed by atoms with van der Waals surface area (Å²) in [4.78, 5) is 11.0. The van der Waals surface area contributed by atoms with Crippen molar-refractivity contribution >= 4 is 5.97 Å². The van der Waals surface area contributed by atoms with Crippen LogP contribution >= 0.6 is 0 Å². The van der Waals surface area contributed by atoms with Crippen LogP contribution in [0.5, 0.6) is 5.75 Å². The van der Waals surface area contributed by atoms with Crippen LogP contribution in [0.3, 0.4) is 0 Å². The van der Waals surface area contributed by atoms with Crippen LogP contribution in [0.1, 0.15) is 24.8 Å². The normalized spacial score (nSPS) is 34.1. The van der Waals surface area contributed by atoms with Crippen LogP contribution in [0.4, 0.5) is 0 Å². The second-order valence-electron chi connectivity index (χ2n) is 5.69. The highest BCUT2D eigenvalue weighted by Gasteiger charge is 2.72. The molecule has 0 aliphatic heterocycles. The summed E-state index contributed by atoms with van der Waals surface area (Å²) < 4.78 is 5.39. The number of benzene rings is 1. The predicted octanol–water partition coefficient (Wildman–Crippen LogP) is 1.53. The van der Waals surface area contributed by atoms with Crippen molar-refractivity contribution in [2.24, 2.45) is 11.1 Å². The molecule has 1 unspecified atom stereocenters. The summed E-state index contributed by atoms with van der Waals surface area (Å²) in [5.74, 6) is 0.0121. The maximum atomic E-state index is 11.0. The zero-order chi connectivity index (χ0) is 13.0. The second kappa shape index (κ2) is 3.48. The number of para-hydroxylation sites is 1. The molecule has 4 rings (SSSR count). The minimum atomic E-state index is -0.886. The molecule has 0 radical (unpaired) electrons. The van der Waals surface area contributed by atoms with Crippen molar-refractivity contribution in [2.45, 2.75) is 30.7 Å². The number of nitrogens with two attached hydrogens (primary N) is 1. The van der Waals surface area contributed by atoms with E-state index in [2.05, 4.69) is 6.07 Å². The summed E-state index contributed by atoms with van der Waals surface area (Å²) in [7, 11) is 1.67. The Morgan fingerprint density at radius 1 is 1.39 bits per heavy atom. The molecule has 2 bridgehead atoms. The molecule has 3 fully saturated rings. The molecule has 96 valence electrons. The van der Waals surface area contributed by atoms with Gasteiger partial charge in [-0.2, -0.15) is 0 Å². The molecule has 4 nitrogen and oxygen atoms in total. The van der Waals surface area contributed by atoms with E-state index in [0.29, 0.717) is 0 Å². The van der Waals surface area contributed by atoms with Gasteiger partial charge in [0, 0.05) is 11.0 Å². The molecule has 0 aromatic heterocycles. The van der Waals surface area contributed by atoms with Crippen LogP contribution in [0.25, 0.3) is 0 Å². The fourth-order valence-corrected chi connectivity index (χ4v) is 3.83. The summed E-state index contributed by atoms with van der Waals surface area (Å²) >= 11 is 0. The Morgan fingerprint density at radius 3 is 2.56 bits per heavy atom. The minimum absolute atomic E-state index is 0.111. The number of carboxylic acid groups (broad SMARTS) is 1. The van der Waals surface area contributed by atoms with Gasteiger partial charge in [-0.15, -0.1) is 0 Å². The van der Waals surface area contributed by atoms with Crippen molar-refractivity contribution in [1.29, 1.82) is 0 Å². The first-order valence-electron chi connectivity index (χ1n) is 6.15. The first kappa shape index (κ1) is 11.5. The third kappa shape index (κ3) is 1.27. The fourth-order valence-electron chi connectivity index (χ4n) is 3.83. The topological polar surface area (TPSA) is 72.5 Å². The van der Waals surface area contributed by atoms with E-state index in [0.717, 1.165) is 25.0 Å². The number of hydrogen-bond donors (Lipinski definition) is 2. The van der Waals surface area contributed by atoms with Gasteiger partial charge in [0.15, 0.2) is 0 Å². The average Bonchev–Trinajstić information content (AvgIpc) is 2.26. The van der Waals surface area contributed by atoms with E-state index in [-0.39, 0.29) is 10.8 Å². The Hall–Kier alpha value is -1.55. The molecule has 3 saturated carbocycles. The Morgan fingerprint density at radius 2 is 2.00 bits per heavy atom. The van der Waals surface area contributed by atoms with Gasteiger partial charge in [-0.25, -0.2) is 0 Å². The van der Waals surface area contributed by atoms with Gasteiger partial charge in [0.2, 0.25) is 0 Å². The molecule has 0 saturated heterocycles. The number of ether oxygens (including phenoxy) is 1. The lowest BCUT2D eigenvalue weighted by Gasteiger charge is -2.72. The van der Waals surface area contributed by atoms with E-state index >= 15 is 0 Å². The number of hydrogen-bond acceptors (Lipinski definition) is 3. The molecule has 4 heteroatoms. The van der Waals surface area contributed by atoms with E-state index in [1.807, 2.05) is 18.2 Å². The summed E-state index contributed by atoms with van der Waals surface area (Å²) in [6.45, 7) is 0. The highest BCUT2D eigenvalue weighted by molar-refractivity contribution is 5.76. The highest BCUT2D eigenvalue weighted by atomic mass is 16.5. The van der Waals surface area contributed by atoms with Gasteiger partial charge in [0.25, 0.3) is 0 Å². The summed E-state index contributed by atoms with van der Waals surface area (Å²) in [6, 6.07) is 7.26. The van der Waals surface area contributed by atoms with E-state index in [1.165, 1.54) is 5.56 Å². The summed E-state index contributed by atoms with van der Waals surface area (Å²) in [5, 5.41) is 9.01. The Labute approximate surface area is 106 Å². The summed E-state index contributed by atoms with van der Waals surface area (Å²) in [6.07, 6.45) is 2.61. The lowest BCUT2D eigenvalue weighted by molar-refractivity contribution is -0.179. The van der Waals surface area contributed by atoms with Crippen LogP contribution in [-0.2, 0) is 10.2 Å². The molecule has 3 aliphatic rings. The molecule has 3 aliphatic carbocycles. The van der Waals surface area contributed by atoms with Crippen LogP contribution in [-0.4, -0.2) is 24.2 Å². The quantitative estimate of drug-likeness (QED) is 0.846. The molecular weight excluding hydrogens is 230 g/mol. The van der Waals surface area contributed by atoms with E-state index in [9.17, 15) is 4.79 Å². The van der Waals surface area contributed by atoms with Gasteiger partial charge < -0.3 is 15.6 Å². The van der Waals surface area contributed by atoms with E-state index < -0.39 is 12.0 Å². The number of rotatable bonds is 4. The van der Waals surface area contributed by atoms with Crippen LogP contribution in [0.15, 0.2) is 24.3 Å². The molecule has 18 heavy (non-hydrogen) atoms. The first-order valence-corrected chi connectivity index (χ1v) is 6.15. The van der Waals surface area contributed by atoms with E-state index in [1.54, 1.807) is 7.11 Å². The molecule has 0 spiro atoms. The Bertz CT molecular complexity index is 492. The zero-order valence-corrected chi connectivity index (χ0v) is 10.3. The van der Waals surface area contributed by atoms with Gasteiger partial charge >= 0.3 is 5.97 Å². The van der Waals surface area contributed by atoms with Crippen LogP contribution in [0, 0.1) is 5.41 Å². The lowest BCUT2D eigenvalue weighted by Crippen LogP contribution is -2.72. The predicted molar refractivity (Wildman–Crippen MR) is 66.6 cm³/mol. The molecule has 1 atom stereocenters. The van der Waals surface area contributed by atoms with Crippen molar-refractivity contribution in [3.8, 4) is 5.75 Å². The Kier molecular flexibility index (Phi) is 2.23. The third-order valence-electron chi connectivity index (χ3n) is 4.68. The first-order chi connectivity index (χ1) is 8.53. The third-order valence-corrected chi connectivity index (χ3v) is 4.68. The van der Waals surface area contributed by atoms with Crippen LogP contribution in [0.2, 0.25) is 0 Å². The maximum absolute atomic E-state index is 11.0. The highest BCUT2D eigenvalue weighted by Crippen LogP contribution is 2.75. The molecule has 0 heterocycles. The number of aliphatic carboxylic acids is 1. The van der Waals surface area contributed by atoms with E-state index in [4.69, 9.17) is 15.6 Å². The number of carboxylic acids is 1. The number of carbonyl (C=O) groups is 1. The van der Waals surface area contributed by atoms with Gasteiger partial charge in [-0.05, 0) is 30.7 Å². The maximum Gasteiger partial charge on any atom is 0.321 e. The van der Waals surface area contributed by atoms with Gasteiger partial charge in [-0.1, -0.05) is 18.2 Å². The van der Waals surface area contributed by atoms with Crippen molar-refractivity contribution in [3.63, 3.8) is 0 Å². The van der Waals surface area contributed by atoms with Crippen molar-refractivity contribution in [1.82, 2.24) is 0 Å². The smallest absolute Gasteiger partial charge is 0.321 e. The lowest BCUT2D eigenvalue weighted by atomic mass is 9.31. The van der Waals surface area contributed by atoms with Gasteiger partial charge in [0.1, 0.15) is 11.8 Å². The Balaban J connectivity index is 1.82.